The van der Waals surface area contributed by atoms with E-state index in [9.17, 15) is 13.2 Å². The number of carbonyl (C=O) groups is 1. The molecule has 0 aromatic heterocycles. The molecule has 7 heteroatoms. The van der Waals surface area contributed by atoms with E-state index in [1.54, 1.807) is 4.90 Å². The first-order chi connectivity index (χ1) is 12.3. The highest BCUT2D eigenvalue weighted by Crippen LogP contribution is 2.28. The van der Waals surface area contributed by atoms with Crippen LogP contribution in [0.4, 0.5) is 0 Å². The summed E-state index contributed by atoms with van der Waals surface area (Å²) in [6.45, 7) is 6.26. The van der Waals surface area contributed by atoms with Crippen LogP contribution in [0.1, 0.15) is 30.9 Å². The zero-order valence-corrected chi connectivity index (χ0v) is 16.5. The number of benzene rings is 1. The highest BCUT2D eigenvalue weighted by Gasteiger charge is 2.47. The molecule has 144 valence electrons. The van der Waals surface area contributed by atoms with Crippen LogP contribution in [0.3, 0.4) is 0 Å². The van der Waals surface area contributed by atoms with Gasteiger partial charge in [0, 0.05) is 32.8 Å². The molecule has 0 unspecified atom stereocenters. The molecule has 1 aromatic rings. The average molecular weight is 381 g/mol. The predicted molar refractivity (Wildman–Crippen MR) is 101 cm³/mol. The lowest BCUT2D eigenvalue weighted by Crippen LogP contribution is -2.60. The Morgan fingerprint density at radius 3 is 2.42 bits per heavy atom. The summed E-state index contributed by atoms with van der Waals surface area (Å²) in [5.74, 6) is 0.540. The molecule has 0 radical (unpaired) electrons. The van der Waals surface area contributed by atoms with Crippen molar-refractivity contribution in [2.45, 2.75) is 38.4 Å². The van der Waals surface area contributed by atoms with Gasteiger partial charge in [-0.25, -0.2) is 8.42 Å². The lowest BCUT2D eigenvalue weighted by atomic mass is 10.00. The average Bonchev–Trinajstić information content (AvgIpc) is 2.91. The lowest BCUT2D eigenvalue weighted by Gasteiger charge is -2.44. The van der Waals surface area contributed by atoms with Crippen LogP contribution >= 0.6 is 0 Å². The predicted octanol–water partition coefficient (Wildman–Crippen LogP) is 1.27. The molecule has 2 atom stereocenters. The van der Waals surface area contributed by atoms with Gasteiger partial charge in [0.25, 0.3) is 0 Å². The van der Waals surface area contributed by atoms with E-state index in [0.717, 1.165) is 0 Å². The quantitative estimate of drug-likeness (QED) is 0.770. The van der Waals surface area contributed by atoms with Gasteiger partial charge in [0.05, 0.1) is 17.5 Å². The van der Waals surface area contributed by atoms with Crippen LogP contribution in [0.15, 0.2) is 24.3 Å². The molecule has 0 bridgehead atoms. The molecule has 2 fully saturated rings. The van der Waals surface area contributed by atoms with Gasteiger partial charge >= 0.3 is 0 Å². The number of hydrogen-bond donors (Lipinski definition) is 0. The van der Waals surface area contributed by atoms with Crippen molar-refractivity contribution in [2.24, 2.45) is 0 Å². The fourth-order valence-electron chi connectivity index (χ4n) is 3.98. The third-order valence-corrected chi connectivity index (χ3v) is 7.11. The molecule has 2 saturated heterocycles. The molecular weight excluding hydrogens is 352 g/mol. The highest BCUT2D eigenvalue weighted by molar-refractivity contribution is 7.91. The second kappa shape index (κ2) is 7.66. The maximum absolute atomic E-state index is 12.3. The Morgan fingerprint density at radius 2 is 1.81 bits per heavy atom. The zero-order valence-electron chi connectivity index (χ0n) is 15.7. The van der Waals surface area contributed by atoms with Crippen LogP contribution in [0.25, 0.3) is 0 Å². The van der Waals surface area contributed by atoms with E-state index in [2.05, 4.69) is 43.0 Å². The van der Waals surface area contributed by atoms with Gasteiger partial charge in [-0.2, -0.15) is 0 Å². The standard InChI is InChI=1S/C19H28N2O4S/c1-14(2)16-6-4-15(5-7-16)10-20-8-9-21(19(22)11-25-3)18-13-26(23,24)12-17(18)20/h4-7,14,17-18H,8-13H2,1-3H3/t17-,18+/m0/s1. The first kappa shape index (κ1) is 19.3. The third-order valence-electron chi connectivity index (χ3n) is 5.41. The summed E-state index contributed by atoms with van der Waals surface area (Å²) < 4.78 is 29.4. The molecular formula is C19H28N2O4S. The molecule has 1 aromatic carbocycles. The van der Waals surface area contributed by atoms with Crippen LogP contribution in [0, 0.1) is 0 Å². The fourth-order valence-corrected chi connectivity index (χ4v) is 5.99. The van der Waals surface area contributed by atoms with Gasteiger partial charge in [-0.1, -0.05) is 38.1 Å². The Kier molecular flexibility index (Phi) is 5.69. The maximum Gasteiger partial charge on any atom is 0.248 e. The van der Waals surface area contributed by atoms with Gasteiger partial charge in [0.2, 0.25) is 5.91 Å². The summed E-state index contributed by atoms with van der Waals surface area (Å²) in [6, 6.07) is 8.11. The minimum atomic E-state index is -3.13. The minimum Gasteiger partial charge on any atom is -0.375 e. The molecule has 0 spiro atoms. The van der Waals surface area contributed by atoms with Crippen molar-refractivity contribution < 1.29 is 17.9 Å². The number of nitrogens with zero attached hydrogens (tertiary/aromatic N) is 2. The van der Waals surface area contributed by atoms with Gasteiger partial charge < -0.3 is 9.64 Å². The van der Waals surface area contributed by atoms with Crippen LogP contribution in [0.2, 0.25) is 0 Å². The van der Waals surface area contributed by atoms with Crippen LogP contribution in [-0.2, 0) is 25.9 Å². The molecule has 1 amide bonds. The normalized spacial score (nSPS) is 25.5. The zero-order chi connectivity index (χ0) is 18.9. The van der Waals surface area contributed by atoms with Crippen molar-refractivity contribution in [2.75, 3.05) is 38.3 Å². The van der Waals surface area contributed by atoms with Crippen molar-refractivity contribution >= 4 is 15.7 Å². The highest BCUT2D eigenvalue weighted by atomic mass is 32.2. The number of sulfone groups is 1. The molecule has 0 aliphatic carbocycles. The summed E-state index contributed by atoms with van der Waals surface area (Å²) in [7, 11) is -1.65. The largest absolute Gasteiger partial charge is 0.375 e. The van der Waals surface area contributed by atoms with E-state index in [0.29, 0.717) is 25.6 Å². The number of amides is 1. The number of hydrogen-bond acceptors (Lipinski definition) is 5. The number of methoxy groups -OCH3 is 1. The Hall–Kier alpha value is -1.44. The number of carbonyl (C=O) groups excluding carboxylic acids is 1. The first-order valence-corrected chi connectivity index (χ1v) is 10.9. The van der Waals surface area contributed by atoms with Crippen LogP contribution in [-0.4, -0.2) is 74.5 Å². The number of piperazine rings is 1. The maximum atomic E-state index is 12.3. The molecule has 2 aliphatic rings. The van der Waals surface area contributed by atoms with Crippen molar-refractivity contribution in [3.63, 3.8) is 0 Å². The van der Waals surface area contributed by atoms with Gasteiger partial charge in [-0.05, 0) is 17.0 Å². The summed E-state index contributed by atoms with van der Waals surface area (Å²) in [6.07, 6.45) is 0. The number of fused-ring (bicyclic) bond motifs is 1. The van der Waals surface area contributed by atoms with E-state index in [1.807, 2.05) is 0 Å². The second-order valence-corrected chi connectivity index (χ2v) is 9.75. The SMILES string of the molecule is COCC(=O)N1CCN(Cc2ccc(C(C)C)cc2)[C@H]2CS(=O)(=O)C[C@H]21. The smallest absolute Gasteiger partial charge is 0.248 e. The van der Waals surface area contributed by atoms with E-state index >= 15 is 0 Å². The molecule has 6 nitrogen and oxygen atoms in total. The second-order valence-electron chi connectivity index (χ2n) is 7.60. The Labute approximate surface area is 156 Å². The number of ether oxygens (including phenoxy) is 1. The molecule has 2 heterocycles. The van der Waals surface area contributed by atoms with E-state index in [4.69, 9.17) is 4.74 Å². The third kappa shape index (κ3) is 4.10. The van der Waals surface area contributed by atoms with Gasteiger partial charge in [0.1, 0.15) is 6.61 Å². The fraction of sp³-hybridized carbons (Fsp3) is 0.632. The van der Waals surface area contributed by atoms with Crippen molar-refractivity contribution in [1.82, 2.24) is 9.80 Å². The summed E-state index contributed by atoms with van der Waals surface area (Å²) in [4.78, 5) is 16.2. The molecule has 0 saturated carbocycles. The molecule has 3 rings (SSSR count). The lowest BCUT2D eigenvalue weighted by molar-refractivity contribution is -0.141. The molecule has 26 heavy (non-hydrogen) atoms. The van der Waals surface area contributed by atoms with E-state index in [1.165, 1.54) is 18.2 Å². The van der Waals surface area contributed by atoms with E-state index < -0.39 is 9.84 Å². The van der Waals surface area contributed by atoms with E-state index in [-0.39, 0.29) is 36.1 Å². The van der Waals surface area contributed by atoms with Crippen LogP contribution < -0.4 is 0 Å². The summed E-state index contributed by atoms with van der Waals surface area (Å²) in [5.41, 5.74) is 2.47. The van der Waals surface area contributed by atoms with Gasteiger partial charge in [-0.15, -0.1) is 0 Å². The molecule has 0 N–H and O–H groups in total. The number of rotatable bonds is 5. The van der Waals surface area contributed by atoms with Crippen molar-refractivity contribution in [1.29, 1.82) is 0 Å². The Morgan fingerprint density at radius 1 is 1.15 bits per heavy atom. The van der Waals surface area contributed by atoms with Gasteiger partial charge in [0.15, 0.2) is 9.84 Å². The van der Waals surface area contributed by atoms with Crippen molar-refractivity contribution in [3.05, 3.63) is 35.4 Å². The first-order valence-electron chi connectivity index (χ1n) is 9.12. The van der Waals surface area contributed by atoms with Gasteiger partial charge in [-0.3, -0.25) is 9.69 Å². The monoisotopic (exact) mass is 380 g/mol. The Bertz CT molecular complexity index is 745. The molecule has 2 aliphatic heterocycles. The van der Waals surface area contributed by atoms with Crippen LogP contribution in [0.5, 0.6) is 0 Å². The Balaban J connectivity index is 1.76. The topological polar surface area (TPSA) is 66.9 Å². The summed E-state index contributed by atoms with van der Waals surface area (Å²) >= 11 is 0. The van der Waals surface area contributed by atoms with Crippen molar-refractivity contribution in [3.8, 4) is 0 Å². The minimum absolute atomic E-state index is 0.0000675. The summed E-state index contributed by atoms with van der Waals surface area (Å²) in [5, 5.41) is 0.